The van der Waals surface area contributed by atoms with E-state index in [-0.39, 0.29) is 31.1 Å². The number of nitrogens with two attached hydrogens (primary N) is 2. The highest BCUT2D eigenvalue weighted by molar-refractivity contribution is 5.93. The largest absolute Gasteiger partial charge is 0.462 e. The summed E-state index contributed by atoms with van der Waals surface area (Å²) in [4.78, 5) is 24.9. The van der Waals surface area contributed by atoms with E-state index in [1.54, 1.807) is 25.1 Å². The third kappa shape index (κ3) is 4.39. The van der Waals surface area contributed by atoms with Crippen LogP contribution in [0.15, 0.2) is 53.9 Å². The molecular formula is C23H22N2O5. The number of benzene rings is 2. The van der Waals surface area contributed by atoms with Crippen LogP contribution in [0.4, 0.5) is 5.69 Å². The molecule has 2 aromatic rings. The number of nitrogen functional groups attached to an aromatic ring is 1. The van der Waals surface area contributed by atoms with Gasteiger partial charge in [0.25, 0.3) is 0 Å². The molecule has 7 heteroatoms. The summed E-state index contributed by atoms with van der Waals surface area (Å²) in [5.74, 6) is 0.695. The van der Waals surface area contributed by atoms with Crippen LogP contribution in [0.25, 0.3) is 11.1 Å². The number of hydrogen-bond donors (Lipinski definition) is 2. The summed E-state index contributed by atoms with van der Waals surface area (Å²) in [5.41, 5.74) is 14.9. The van der Waals surface area contributed by atoms with Gasteiger partial charge in [-0.05, 0) is 42.3 Å². The molecule has 0 fully saturated rings. The summed E-state index contributed by atoms with van der Waals surface area (Å²) in [5, 5.41) is 0. The van der Waals surface area contributed by atoms with Crippen molar-refractivity contribution < 1.29 is 23.8 Å². The lowest BCUT2D eigenvalue weighted by molar-refractivity contribution is -0.142. The van der Waals surface area contributed by atoms with Crippen LogP contribution in [-0.4, -0.2) is 25.2 Å². The molecule has 0 saturated carbocycles. The average Bonchev–Trinajstić information content (AvgIpc) is 2.72. The molecule has 1 heterocycles. The third-order valence-corrected chi connectivity index (χ3v) is 4.65. The van der Waals surface area contributed by atoms with Gasteiger partial charge in [0.15, 0.2) is 6.61 Å². The highest BCUT2D eigenvalue weighted by atomic mass is 16.5. The molecule has 0 aromatic heterocycles. The standard InChI is InChI=1S/C23H22N2O5/c1-3-11-29-20(26)13-18-17-12-15(14-5-8-16(24)9-6-14)7-10-19(17)30-22(25)21(18)23(27)28-4-2/h1,5-10,12,18H,4,11,13,24-25H2,2H3. The van der Waals surface area contributed by atoms with Gasteiger partial charge in [0.05, 0.1) is 13.0 Å². The van der Waals surface area contributed by atoms with Crippen molar-refractivity contribution in [2.45, 2.75) is 19.3 Å². The van der Waals surface area contributed by atoms with E-state index in [2.05, 4.69) is 5.92 Å². The van der Waals surface area contributed by atoms with Gasteiger partial charge in [-0.3, -0.25) is 4.79 Å². The van der Waals surface area contributed by atoms with Crippen LogP contribution in [0.1, 0.15) is 24.8 Å². The van der Waals surface area contributed by atoms with E-state index in [9.17, 15) is 9.59 Å². The van der Waals surface area contributed by atoms with Crippen LogP contribution < -0.4 is 16.2 Å². The molecule has 1 aliphatic rings. The molecule has 0 bridgehead atoms. The number of rotatable bonds is 6. The van der Waals surface area contributed by atoms with Gasteiger partial charge in [-0.1, -0.05) is 24.1 Å². The van der Waals surface area contributed by atoms with Crippen molar-refractivity contribution in [2.75, 3.05) is 18.9 Å². The van der Waals surface area contributed by atoms with E-state index in [0.717, 1.165) is 11.1 Å². The van der Waals surface area contributed by atoms with Gasteiger partial charge in [0.2, 0.25) is 5.88 Å². The molecule has 0 aliphatic carbocycles. The zero-order valence-corrected chi connectivity index (χ0v) is 16.5. The second-order valence-electron chi connectivity index (χ2n) is 6.60. The van der Waals surface area contributed by atoms with Crippen LogP contribution in [0, 0.1) is 12.3 Å². The van der Waals surface area contributed by atoms with Crippen molar-refractivity contribution in [3.05, 3.63) is 59.5 Å². The van der Waals surface area contributed by atoms with Crippen molar-refractivity contribution in [3.8, 4) is 29.2 Å². The Bertz CT molecular complexity index is 1030. The van der Waals surface area contributed by atoms with Gasteiger partial charge in [-0.2, -0.15) is 0 Å². The average molecular weight is 406 g/mol. The number of carbonyl (C=O) groups excluding carboxylic acids is 2. The first-order valence-corrected chi connectivity index (χ1v) is 9.38. The molecule has 0 radical (unpaired) electrons. The minimum atomic E-state index is -0.702. The fourth-order valence-corrected chi connectivity index (χ4v) is 3.28. The topological polar surface area (TPSA) is 114 Å². The van der Waals surface area contributed by atoms with E-state index in [4.69, 9.17) is 32.1 Å². The smallest absolute Gasteiger partial charge is 0.340 e. The molecule has 0 amide bonds. The number of carbonyl (C=O) groups is 2. The Hall–Kier alpha value is -3.92. The second kappa shape index (κ2) is 9.05. The lowest BCUT2D eigenvalue weighted by Gasteiger charge is -2.28. The summed E-state index contributed by atoms with van der Waals surface area (Å²) in [6, 6.07) is 12.8. The fourth-order valence-electron chi connectivity index (χ4n) is 3.28. The molecule has 3 rings (SSSR count). The summed E-state index contributed by atoms with van der Waals surface area (Å²) in [6.45, 7) is 1.68. The highest BCUT2D eigenvalue weighted by Crippen LogP contribution is 2.42. The number of ether oxygens (including phenoxy) is 3. The highest BCUT2D eigenvalue weighted by Gasteiger charge is 2.36. The SMILES string of the molecule is C#CCOC(=O)CC1C(C(=O)OCC)=C(N)Oc2ccc(-c3ccc(N)cc3)cc21. The van der Waals surface area contributed by atoms with Crippen molar-refractivity contribution in [1.82, 2.24) is 0 Å². The van der Waals surface area contributed by atoms with E-state index in [0.29, 0.717) is 17.0 Å². The molecule has 1 unspecified atom stereocenters. The first kappa shape index (κ1) is 20.8. The summed E-state index contributed by atoms with van der Waals surface area (Å²) in [7, 11) is 0. The molecule has 2 aromatic carbocycles. The maximum absolute atomic E-state index is 12.6. The van der Waals surface area contributed by atoms with Crippen molar-refractivity contribution in [3.63, 3.8) is 0 Å². The molecule has 154 valence electrons. The van der Waals surface area contributed by atoms with Crippen LogP contribution >= 0.6 is 0 Å². The Kier molecular flexibility index (Phi) is 6.28. The predicted molar refractivity (Wildman–Crippen MR) is 112 cm³/mol. The van der Waals surface area contributed by atoms with Crippen molar-refractivity contribution in [1.29, 1.82) is 0 Å². The van der Waals surface area contributed by atoms with E-state index in [1.807, 2.05) is 24.3 Å². The number of hydrogen-bond acceptors (Lipinski definition) is 7. The Labute approximate surface area is 174 Å². The van der Waals surface area contributed by atoms with E-state index < -0.39 is 17.9 Å². The number of fused-ring (bicyclic) bond motifs is 1. The Morgan fingerprint density at radius 3 is 2.47 bits per heavy atom. The van der Waals surface area contributed by atoms with E-state index in [1.165, 1.54) is 0 Å². The van der Waals surface area contributed by atoms with Crippen molar-refractivity contribution >= 4 is 17.6 Å². The van der Waals surface area contributed by atoms with Gasteiger partial charge in [0, 0.05) is 17.2 Å². The fraction of sp³-hybridized carbons (Fsp3) is 0.217. The Morgan fingerprint density at radius 2 is 1.80 bits per heavy atom. The van der Waals surface area contributed by atoms with Crippen LogP contribution in [-0.2, 0) is 19.1 Å². The zero-order chi connectivity index (χ0) is 21.7. The summed E-state index contributed by atoms with van der Waals surface area (Å²) < 4.78 is 15.8. The van der Waals surface area contributed by atoms with Crippen LogP contribution in [0.2, 0.25) is 0 Å². The first-order valence-electron chi connectivity index (χ1n) is 9.38. The maximum atomic E-state index is 12.6. The monoisotopic (exact) mass is 406 g/mol. The number of anilines is 1. The minimum Gasteiger partial charge on any atom is -0.462 e. The van der Waals surface area contributed by atoms with Gasteiger partial charge >= 0.3 is 11.9 Å². The van der Waals surface area contributed by atoms with Crippen LogP contribution in [0.5, 0.6) is 5.75 Å². The molecule has 0 spiro atoms. The van der Waals surface area contributed by atoms with Gasteiger partial charge in [-0.25, -0.2) is 4.79 Å². The lowest BCUT2D eigenvalue weighted by Crippen LogP contribution is -2.28. The summed E-state index contributed by atoms with van der Waals surface area (Å²) in [6.07, 6.45) is 5.02. The minimum absolute atomic E-state index is 0.0801. The quantitative estimate of drug-likeness (QED) is 0.431. The Balaban J connectivity index is 2.05. The Morgan fingerprint density at radius 1 is 1.10 bits per heavy atom. The molecule has 1 aliphatic heterocycles. The predicted octanol–water partition coefficient (Wildman–Crippen LogP) is 2.71. The van der Waals surface area contributed by atoms with E-state index >= 15 is 0 Å². The molecule has 30 heavy (non-hydrogen) atoms. The first-order chi connectivity index (χ1) is 14.4. The molecule has 4 N–H and O–H groups in total. The molecular weight excluding hydrogens is 384 g/mol. The third-order valence-electron chi connectivity index (χ3n) is 4.65. The molecule has 7 nitrogen and oxygen atoms in total. The second-order valence-corrected chi connectivity index (χ2v) is 6.60. The number of esters is 2. The van der Waals surface area contributed by atoms with Gasteiger partial charge in [0.1, 0.15) is 11.3 Å². The van der Waals surface area contributed by atoms with Crippen molar-refractivity contribution in [2.24, 2.45) is 5.73 Å². The van der Waals surface area contributed by atoms with Gasteiger partial charge in [-0.15, -0.1) is 6.42 Å². The maximum Gasteiger partial charge on any atom is 0.340 e. The lowest BCUT2D eigenvalue weighted by atomic mass is 9.84. The normalized spacial score (nSPS) is 14.9. The zero-order valence-electron chi connectivity index (χ0n) is 16.5. The van der Waals surface area contributed by atoms with Gasteiger partial charge < -0.3 is 25.7 Å². The van der Waals surface area contributed by atoms with Crippen LogP contribution in [0.3, 0.4) is 0 Å². The number of terminal acetylenes is 1. The molecule has 0 saturated heterocycles. The summed E-state index contributed by atoms with van der Waals surface area (Å²) >= 11 is 0. The molecule has 1 atom stereocenters.